The van der Waals surface area contributed by atoms with Gasteiger partial charge < -0.3 is 14.2 Å². The molecule has 2 fully saturated rings. The van der Waals surface area contributed by atoms with Crippen LogP contribution in [0.25, 0.3) is 0 Å². The third-order valence-electron chi connectivity index (χ3n) is 6.62. The van der Waals surface area contributed by atoms with Gasteiger partial charge in [0, 0.05) is 30.9 Å². The number of benzene rings is 1. The van der Waals surface area contributed by atoms with Crippen molar-refractivity contribution in [3.05, 3.63) is 46.3 Å². The predicted octanol–water partition coefficient (Wildman–Crippen LogP) is 2.81. The van der Waals surface area contributed by atoms with Gasteiger partial charge in [-0.2, -0.15) is 4.31 Å². The van der Waals surface area contributed by atoms with Crippen LogP contribution >= 0.6 is 11.3 Å². The molecule has 2 aromatic rings. The fourth-order valence-electron chi connectivity index (χ4n) is 5.08. The molecule has 0 N–H and O–H groups in total. The molecular formula is C22H24N2O7S2. The molecule has 2 atom stereocenters. The molecule has 1 aliphatic carbocycles. The Balaban J connectivity index is 1.34. The minimum absolute atomic E-state index is 0.00231. The van der Waals surface area contributed by atoms with Crippen molar-refractivity contribution < 1.29 is 32.2 Å². The molecule has 1 aromatic heterocycles. The van der Waals surface area contributed by atoms with E-state index in [4.69, 9.17) is 14.2 Å². The van der Waals surface area contributed by atoms with Gasteiger partial charge in [-0.15, -0.1) is 11.3 Å². The number of hydrogen-bond acceptors (Lipinski definition) is 8. The van der Waals surface area contributed by atoms with Gasteiger partial charge >= 0.3 is 12.1 Å². The molecule has 0 bridgehead atoms. The number of sulfonamides is 1. The van der Waals surface area contributed by atoms with Crippen LogP contribution in [0.15, 0.2) is 33.9 Å². The lowest BCUT2D eigenvalue weighted by molar-refractivity contribution is 0.0597. The fourth-order valence-corrected chi connectivity index (χ4v) is 8.11. The molecule has 3 heterocycles. The van der Waals surface area contributed by atoms with Gasteiger partial charge in [-0.1, -0.05) is 24.3 Å². The SMILES string of the molecule is COC(=O)c1csc(S(=O)(=O)N2CCC(N3C(=O)OC4Cc5ccccc5C43)CC2)c1OC. The van der Waals surface area contributed by atoms with E-state index in [1.165, 1.54) is 29.5 Å². The molecule has 5 rings (SSSR count). The molecule has 2 saturated heterocycles. The van der Waals surface area contributed by atoms with Gasteiger partial charge in [0.1, 0.15) is 11.7 Å². The van der Waals surface area contributed by atoms with Gasteiger partial charge in [-0.25, -0.2) is 18.0 Å². The van der Waals surface area contributed by atoms with E-state index in [1.54, 1.807) is 0 Å². The summed E-state index contributed by atoms with van der Waals surface area (Å²) in [6.07, 6.45) is 1.18. The molecule has 0 radical (unpaired) electrons. The van der Waals surface area contributed by atoms with Crippen LogP contribution in [0.1, 0.15) is 40.4 Å². The molecule has 9 nitrogen and oxygen atoms in total. The van der Waals surface area contributed by atoms with E-state index in [2.05, 4.69) is 6.07 Å². The lowest BCUT2D eigenvalue weighted by Gasteiger charge is -2.37. The summed E-state index contributed by atoms with van der Waals surface area (Å²) in [6, 6.07) is 7.82. The summed E-state index contributed by atoms with van der Waals surface area (Å²) < 4.78 is 43.7. The molecule has 176 valence electrons. The zero-order valence-electron chi connectivity index (χ0n) is 18.2. The van der Waals surface area contributed by atoms with Crippen LogP contribution in [0.5, 0.6) is 5.75 Å². The number of carbonyl (C=O) groups is 2. The number of piperidine rings is 1. The van der Waals surface area contributed by atoms with E-state index in [0.29, 0.717) is 19.3 Å². The Morgan fingerprint density at radius 3 is 2.61 bits per heavy atom. The Morgan fingerprint density at radius 2 is 1.91 bits per heavy atom. The number of amides is 1. The zero-order chi connectivity index (χ0) is 23.3. The summed E-state index contributed by atoms with van der Waals surface area (Å²) in [5, 5.41) is 1.43. The van der Waals surface area contributed by atoms with Crippen molar-refractivity contribution in [2.75, 3.05) is 27.3 Å². The number of nitrogens with zero attached hydrogens (tertiary/aromatic N) is 2. The summed E-state index contributed by atoms with van der Waals surface area (Å²) in [5.41, 5.74) is 2.39. The summed E-state index contributed by atoms with van der Waals surface area (Å²) >= 11 is 0.936. The Morgan fingerprint density at radius 1 is 1.18 bits per heavy atom. The largest absolute Gasteiger partial charge is 0.494 e. The minimum atomic E-state index is -3.87. The van der Waals surface area contributed by atoms with Crippen molar-refractivity contribution in [3.63, 3.8) is 0 Å². The Hall–Kier alpha value is -2.63. The first kappa shape index (κ1) is 22.2. The number of esters is 1. The molecule has 3 aliphatic rings. The maximum Gasteiger partial charge on any atom is 0.411 e. The highest BCUT2D eigenvalue weighted by Crippen LogP contribution is 2.45. The summed E-state index contributed by atoms with van der Waals surface area (Å²) in [5.74, 6) is -0.648. The smallest absolute Gasteiger partial charge is 0.411 e. The number of rotatable bonds is 5. The number of methoxy groups -OCH3 is 2. The number of thiophene rings is 1. The van der Waals surface area contributed by atoms with Crippen LogP contribution in [0, 0.1) is 0 Å². The molecule has 11 heteroatoms. The third-order valence-corrected chi connectivity index (χ3v) is 10.00. The van der Waals surface area contributed by atoms with Gasteiger partial charge in [-0.3, -0.25) is 4.90 Å². The van der Waals surface area contributed by atoms with Gasteiger partial charge in [-0.05, 0) is 24.0 Å². The summed E-state index contributed by atoms with van der Waals surface area (Å²) in [4.78, 5) is 26.5. The lowest BCUT2D eigenvalue weighted by atomic mass is 10.00. The van der Waals surface area contributed by atoms with Crippen molar-refractivity contribution in [2.45, 2.75) is 41.7 Å². The van der Waals surface area contributed by atoms with Gasteiger partial charge in [0.25, 0.3) is 10.0 Å². The fraction of sp³-hybridized carbons (Fsp3) is 0.455. The second-order valence-corrected chi connectivity index (χ2v) is 11.3. The highest BCUT2D eigenvalue weighted by molar-refractivity contribution is 7.91. The van der Waals surface area contributed by atoms with E-state index < -0.39 is 16.0 Å². The normalized spacial score (nSPS) is 23.2. The van der Waals surface area contributed by atoms with Gasteiger partial charge in [0.15, 0.2) is 9.96 Å². The van der Waals surface area contributed by atoms with E-state index in [1.807, 2.05) is 23.1 Å². The summed E-state index contributed by atoms with van der Waals surface area (Å²) in [6.45, 7) is 0.509. The standard InChI is InChI=1S/C22H24N2O7S2/c1-29-19-16(20(25)30-2)12-32-21(19)33(27,28)23-9-7-14(8-10-23)24-18-15-6-4-3-5-13(15)11-17(18)31-22(24)26/h3-6,12,14,17-18H,7-11H2,1-2H3. The number of fused-ring (bicyclic) bond motifs is 3. The highest BCUT2D eigenvalue weighted by atomic mass is 32.2. The average Bonchev–Trinajstić information content (AvgIpc) is 3.49. The zero-order valence-corrected chi connectivity index (χ0v) is 19.9. The Labute approximate surface area is 195 Å². The first-order valence-corrected chi connectivity index (χ1v) is 13.0. The Kier molecular flexibility index (Phi) is 5.58. The van der Waals surface area contributed by atoms with E-state index >= 15 is 0 Å². The Bertz CT molecular complexity index is 1200. The van der Waals surface area contributed by atoms with Crippen LogP contribution in [-0.2, 0) is 25.9 Å². The van der Waals surface area contributed by atoms with E-state index in [-0.39, 0.29) is 52.9 Å². The number of hydrogen-bond donors (Lipinski definition) is 0. The topological polar surface area (TPSA) is 102 Å². The second-order valence-electron chi connectivity index (χ2n) is 8.27. The molecule has 1 amide bonds. The van der Waals surface area contributed by atoms with Crippen molar-refractivity contribution in [1.82, 2.24) is 9.21 Å². The predicted molar refractivity (Wildman–Crippen MR) is 119 cm³/mol. The first-order valence-electron chi connectivity index (χ1n) is 10.7. The number of carbonyl (C=O) groups excluding carboxylic acids is 2. The van der Waals surface area contributed by atoms with E-state index in [0.717, 1.165) is 16.9 Å². The second kappa shape index (κ2) is 8.30. The molecule has 2 unspecified atom stereocenters. The van der Waals surface area contributed by atoms with Gasteiger partial charge in [0.05, 0.1) is 20.3 Å². The molecule has 2 aliphatic heterocycles. The quantitative estimate of drug-likeness (QED) is 0.592. The van der Waals surface area contributed by atoms with Gasteiger partial charge in [0.2, 0.25) is 0 Å². The van der Waals surface area contributed by atoms with Crippen molar-refractivity contribution in [1.29, 1.82) is 0 Å². The maximum absolute atomic E-state index is 13.3. The van der Waals surface area contributed by atoms with Crippen LogP contribution in [0.2, 0.25) is 0 Å². The average molecular weight is 493 g/mol. The van der Waals surface area contributed by atoms with Crippen LogP contribution < -0.4 is 4.74 Å². The lowest BCUT2D eigenvalue weighted by Crippen LogP contribution is -2.47. The third kappa shape index (κ3) is 3.49. The number of ether oxygens (including phenoxy) is 3. The van der Waals surface area contributed by atoms with Crippen molar-refractivity contribution >= 4 is 33.4 Å². The first-order chi connectivity index (χ1) is 15.9. The highest BCUT2D eigenvalue weighted by Gasteiger charge is 2.50. The molecule has 0 spiro atoms. The molecule has 1 aromatic carbocycles. The monoisotopic (exact) mass is 492 g/mol. The van der Waals surface area contributed by atoms with E-state index in [9.17, 15) is 18.0 Å². The van der Waals surface area contributed by atoms with Crippen LogP contribution in [-0.4, -0.2) is 69.1 Å². The molecular weight excluding hydrogens is 468 g/mol. The molecule has 33 heavy (non-hydrogen) atoms. The van der Waals surface area contributed by atoms with Crippen molar-refractivity contribution in [2.24, 2.45) is 0 Å². The summed E-state index contributed by atoms with van der Waals surface area (Å²) in [7, 11) is -1.31. The van der Waals surface area contributed by atoms with Crippen LogP contribution in [0.4, 0.5) is 4.79 Å². The van der Waals surface area contributed by atoms with Crippen LogP contribution in [0.3, 0.4) is 0 Å². The minimum Gasteiger partial charge on any atom is -0.494 e. The van der Waals surface area contributed by atoms with Crippen molar-refractivity contribution in [3.8, 4) is 5.75 Å². The molecule has 0 saturated carbocycles. The maximum atomic E-state index is 13.3.